The molecule has 1 aromatic heterocycles. The van der Waals surface area contributed by atoms with E-state index in [1.54, 1.807) is 11.0 Å². The Bertz CT molecular complexity index is 497. The molecule has 1 aliphatic heterocycles. The second kappa shape index (κ2) is 8.03. The molecule has 0 spiro atoms. The number of rotatable bonds is 6. The van der Waals surface area contributed by atoms with Crippen molar-refractivity contribution < 1.29 is 23.4 Å². The number of aromatic nitrogens is 1. The Morgan fingerprint density at radius 3 is 3.09 bits per heavy atom. The van der Waals surface area contributed by atoms with Crippen molar-refractivity contribution in [2.24, 2.45) is 5.92 Å². The van der Waals surface area contributed by atoms with Crippen molar-refractivity contribution in [2.45, 2.75) is 25.7 Å². The first kappa shape index (κ1) is 16.6. The molecule has 0 aromatic carbocycles. The fourth-order valence-electron chi connectivity index (χ4n) is 2.62. The van der Waals surface area contributed by atoms with Gasteiger partial charge in [0.2, 0.25) is 5.88 Å². The van der Waals surface area contributed by atoms with E-state index in [-0.39, 0.29) is 18.4 Å². The minimum atomic E-state index is -2.58. The molecule has 0 bridgehead atoms. The number of carbonyl (C=O) groups excluding carboxylic acids is 1. The lowest BCUT2D eigenvalue weighted by atomic mass is 9.95. The van der Waals surface area contributed by atoms with Crippen LogP contribution in [0.15, 0.2) is 18.3 Å². The molecule has 1 fully saturated rings. The number of pyridine rings is 1. The van der Waals surface area contributed by atoms with Crippen LogP contribution in [0.25, 0.3) is 0 Å². The average molecular weight is 314 g/mol. The van der Waals surface area contributed by atoms with Gasteiger partial charge in [0.05, 0.1) is 0 Å². The van der Waals surface area contributed by atoms with Crippen LogP contribution in [0, 0.1) is 5.92 Å². The number of hydrogen-bond acceptors (Lipinski definition) is 4. The number of piperidine rings is 1. The van der Waals surface area contributed by atoms with Crippen LogP contribution in [0.1, 0.15) is 29.6 Å². The summed E-state index contributed by atoms with van der Waals surface area (Å²) in [6.07, 6.45) is 1.38. The number of ether oxygens (including phenoxy) is 1. The summed E-state index contributed by atoms with van der Waals surface area (Å²) < 4.78 is 29.1. The van der Waals surface area contributed by atoms with Crippen molar-refractivity contribution in [2.75, 3.05) is 26.3 Å². The predicted molar refractivity (Wildman–Crippen MR) is 76.1 cm³/mol. The Hall–Kier alpha value is -1.76. The van der Waals surface area contributed by atoms with Crippen LogP contribution < -0.4 is 4.74 Å². The van der Waals surface area contributed by atoms with Gasteiger partial charge in [-0.3, -0.25) is 4.79 Å². The van der Waals surface area contributed by atoms with Gasteiger partial charge in [-0.25, -0.2) is 13.8 Å². The van der Waals surface area contributed by atoms with E-state index in [1.807, 2.05) is 0 Å². The Morgan fingerprint density at radius 1 is 1.55 bits per heavy atom. The van der Waals surface area contributed by atoms with E-state index in [0.29, 0.717) is 31.0 Å². The molecule has 1 saturated heterocycles. The molecule has 0 saturated carbocycles. The first-order valence-corrected chi connectivity index (χ1v) is 7.37. The van der Waals surface area contributed by atoms with Crippen LogP contribution in [-0.4, -0.2) is 53.6 Å². The highest BCUT2D eigenvalue weighted by Crippen LogP contribution is 2.21. The van der Waals surface area contributed by atoms with Gasteiger partial charge in [-0.1, -0.05) is 0 Å². The van der Waals surface area contributed by atoms with E-state index in [9.17, 15) is 13.6 Å². The Kier molecular flexibility index (Phi) is 6.06. The van der Waals surface area contributed by atoms with Gasteiger partial charge in [0.25, 0.3) is 12.3 Å². The third-order valence-corrected chi connectivity index (χ3v) is 3.68. The number of hydrogen-bond donors (Lipinski definition) is 1. The molecule has 7 heteroatoms. The van der Waals surface area contributed by atoms with E-state index in [4.69, 9.17) is 9.84 Å². The highest BCUT2D eigenvalue weighted by atomic mass is 19.3. The number of aliphatic hydroxyl groups is 1. The molecule has 1 N–H and O–H groups in total. The number of carbonyl (C=O) groups is 1. The van der Waals surface area contributed by atoms with Crippen molar-refractivity contribution in [1.82, 2.24) is 9.88 Å². The maximum atomic E-state index is 12.5. The molecule has 1 atom stereocenters. The number of likely N-dealkylation sites (tertiary alicyclic amines) is 1. The molecule has 122 valence electrons. The largest absolute Gasteiger partial charge is 0.472 e. The Morgan fingerprint density at radius 2 is 2.36 bits per heavy atom. The van der Waals surface area contributed by atoms with Crippen molar-refractivity contribution in [3.8, 4) is 5.88 Å². The average Bonchev–Trinajstić information content (AvgIpc) is 2.53. The van der Waals surface area contributed by atoms with Crippen LogP contribution in [0.3, 0.4) is 0 Å². The topological polar surface area (TPSA) is 62.7 Å². The monoisotopic (exact) mass is 314 g/mol. The first-order valence-electron chi connectivity index (χ1n) is 7.37. The fraction of sp³-hybridized carbons (Fsp3) is 0.600. The maximum Gasteiger partial charge on any atom is 0.272 e. The second-order valence-electron chi connectivity index (χ2n) is 5.36. The zero-order valence-electron chi connectivity index (χ0n) is 12.3. The molecule has 1 aliphatic rings. The molecule has 0 unspecified atom stereocenters. The summed E-state index contributed by atoms with van der Waals surface area (Å²) in [5.41, 5.74) is 0.379. The van der Waals surface area contributed by atoms with Gasteiger partial charge in [-0.2, -0.15) is 0 Å². The summed E-state index contributed by atoms with van der Waals surface area (Å²) in [4.78, 5) is 18.0. The SMILES string of the molecule is O=C(c1ccnc(OCC(F)F)c1)N1CCC[C@H](CCO)C1. The molecule has 2 heterocycles. The minimum absolute atomic E-state index is 0.0232. The lowest BCUT2D eigenvalue weighted by Crippen LogP contribution is -2.40. The first-order chi connectivity index (χ1) is 10.6. The van der Waals surface area contributed by atoms with Crippen LogP contribution in [0.2, 0.25) is 0 Å². The Labute approximate surface area is 127 Å². The van der Waals surface area contributed by atoms with Gasteiger partial charge in [0, 0.05) is 37.5 Å². The number of nitrogens with zero attached hydrogens (tertiary/aromatic N) is 2. The van der Waals surface area contributed by atoms with E-state index in [2.05, 4.69) is 4.98 Å². The maximum absolute atomic E-state index is 12.5. The zero-order chi connectivity index (χ0) is 15.9. The van der Waals surface area contributed by atoms with E-state index in [0.717, 1.165) is 12.8 Å². The standard InChI is InChI=1S/C15H20F2N2O3/c16-13(17)10-22-14-8-12(3-5-18-14)15(21)19-6-1-2-11(9-19)4-7-20/h3,5,8,11,13,20H,1-2,4,6-7,9-10H2/t11-/m1/s1. The third kappa shape index (κ3) is 4.62. The molecular weight excluding hydrogens is 294 g/mol. The van der Waals surface area contributed by atoms with Crippen LogP contribution >= 0.6 is 0 Å². The summed E-state index contributed by atoms with van der Waals surface area (Å²) >= 11 is 0. The van der Waals surface area contributed by atoms with Crippen molar-refractivity contribution >= 4 is 5.91 Å². The summed E-state index contributed by atoms with van der Waals surface area (Å²) in [5, 5.41) is 9.01. The summed E-state index contributed by atoms with van der Waals surface area (Å²) in [6, 6.07) is 2.94. The molecular formula is C15H20F2N2O3. The van der Waals surface area contributed by atoms with Crippen molar-refractivity contribution in [3.05, 3.63) is 23.9 Å². The van der Waals surface area contributed by atoms with Crippen LogP contribution in [0.4, 0.5) is 8.78 Å². The number of aliphatic hydroxyl groups excluding tert-OH is 1. The van der Waals surface area contributed by atoms with E-state index < -0.39 is 13.0 Å². The predicted octanol–water partition coefficient (Wildman–Crippen LogP) is 1.96. The molecule has 2 rings (SSSR count). The summed E-state index contributed by atoms with van der Waals surface area (Å²) in [5.74, 6) is 0.168. The smallest absolute Gasteiger partial charge is 0.272 e. The molecule has 5 nitrogen and oxygen atoms in total. The highest BCUT2D eigenvalue weighted by Gasteiger charge is 2.24. The van der Waals surface area contributed by atoms with Gasteiger partial charge in [0.1, 0.15) is 0 Å². The second-order valence-corrected chi connectivity index (χ2v) is 5.36. The lowest BCUT2D eigenvalue weighted by molar-refractivity contribution is 0.0651. The van der Waals surface area contributed by atoms with Gasteiger partial charge >= 0.3 is 0 Å². The van der Waals surface area contributed by atoms with Crippen LogP contribution in [-0.2, 0) is 0 Å². The number of halogens is 2. The quantitative estimate of drug-likeness (QED) is 0.872. The zero-order valence-corrected chi connectivity index (χ0v) is 12.3. The lowest BCUT2D eigenvalue weighted by Gasteiger charge is -2.32. The van der Waals surface area contributed by atoms with E-state index >= 15 is 0 Å². The third-order valence-electron chi connectivity index (χ3n) is 3.68. The normalized spacial score (nSPS) is 18.5. The molecule has 1 amide bonds. The van der Waals surface area contributed by atoms with Gasteiger partial charge in [-0.15, -0.1) is 0 Å². The van der Waals surface area contributed by atoms with E-state index in [1.165, 1.54) is 12.3 Å². The number of amides is 1. The summed E-state index contributed by atoms with van der Waals surface area (Å²) in [7, 11) is 0. The minimum Gasteiger partial charge on any atom is -0.472 e. The van der Waals surface area contributed by atoms with Crippen LogP contribution in [0.5, 0.6) is 5.88 Å². The molecule has 0 aliphatic carbocycles. The molecule has 22 heavy (non-hydrogen) atoms. The Balaban J connectivity index is 2.00. The van der Waals surface area contributed by atoms with Gasteiger partial charge in [0.15, 0.2) is 6.61 Å². The molecule has 1 aromatic rings. The molecule has 0 radical (unpaired) electrons. The van der Waals surface area contributed by atoms with Crippen molar-refractivity contribution in [3.63, 3.8) is 0 Å². The fourth-order valence-corrected chi connectivity index (χ4v) is 2.62. The van der Waals surface area contributed by atoms with Gasteiger partial charge in [-0.05, 0) is 31.2 Å². The number of alkyl halides is 2. The highest BCUT2D eigenvalue weighted by molar-refractivity contribution is 5.94. The van der Waals surface area contributed by atoms with Gasteiger partial charge < -0.3 is 14.7 Å². The summed E-state index contributed by atoms with van der Waals surface area (Å²) in [6.45, 7) is 0.645. The van der Waals surface area contributed by atoms with Crippen molar-refractivity contribution in [1.29, 1.82) is 0 Å².